The van der Waals surface area contributed by atoms with Gasteiger partial charge in [-0.1, -0.05) is 0 Å². The first-order valence-corrected chi connectivity index (χ1v) is 29.9. The Morgan fingerprint density at radius 2 is 0.656 bits per heavy atom. The highest BCUT2D eigenvalue weighted by Crippen LogP contribution is 2.39. The van der Waals surface area contributed by atoms with Gasteiger partial charge < -0.3 is 194 Å². The van der Waals surface area contributed by atoms with Crippen LogP contribution < -0.4 is 10.6 Å². The summed E-state index contributed by atoms with van der Waals surface area (Å²) in [5.74, 6) is -1.86. The predicted octanol–water partition coefficient (Wildman–Crippen LogP) is -16.1. The summed E-state index contributed by atoms with van der Waals surface area (Å²) in [6, 6.07) is -3.78. The first-order chi connectivity index (χ1) is 43.9. The Morgan fingerprint density at radius 3 is 1.18 bits per heavy atom. The van der Waals surface area contributed by atoms with E-state index in [0.717, 1.165) is 13.8 Å². The van der Waals surface area contributed by atoms with Crippen molar-refractivity contribution in [1.82, 2.24) is 10.6 Å². The van der Waals surface area contributed by atoms with Crippen molar-refractivity contribution in [2.45, 2.75) is 273 Å². The monoisotopic (exact) mass is 1360 g/mol. The average molecular weight is 1370 g/mol. The lowest BCUT2D eigenvalue weighted by Gasteiger charge is -2.51. The van der Waals surface area contributed by atoms with E-state index in [4.69, 9.17) is 71.1 Å². The van der Waals surface area contributed by atoms with Gasteiger partial charge in [0.15, 0.2) is 50.3 Å². The van der Waals surface area contributed by atoms with Crippen LogP contribution in [0.3, 0.4) is 0 Å². The Balaban J connectivity index is 1.14. The topological polar surface area (TPSA) is 642 Å². The molecule has 8 heterocycles. The zero-order chi connectivity index (χ0) is 68.5. The van der Waals surface area contributed by atoms with Gasteiger partial charge in [0.2, 0.25) is 11.8 Å². The lowest BCUT2D eigenvalue weighted by Crippen LogP contribution is -2.71. The van der Waals surface area contributed by atoms with E-state index in [-0.39, 0.29) is 0 Å². The molecule has 0 spiro atoms. The molecule has 0 aromatic heterocycles. The highest BCUT2D eigenvalue weighted by Gasteiger charge is 2.60. The third-order valence-corrected chi connectivity index (χ3v) is 17.4. The summed E-state index contributed by atoms with van der Waals surface area (Å²) in [6.45, 7) is -1.83. The van der Waals surface area contributed by atoms with Gasteiger partial charge in [0.1, 0.15) is 183 Å². The number of carbonyl (C=O) groups is 2. The second kappa shape index (κ2) is 32.6. The smallest absolute Gasteiger partial charge is 0.217 e. The van der Waals surface area contributed by atoms with Crippen LogP contribution in [0.15, 0.2) is 0 Å². The van der Waals surface area contributed by atoms with Gasteiger partial charge in [-0.25, -0.2) is 0 Å². The lowest BCUT2D eigenvalue weighted by molar-refractivity contribution is -0.392. The normalized spacial score (nSPS) is 51.6. The van der Waals surface area contributed by atoms with Crippen LogP contribution in [0.5, 0.6) is 0 Å². The van der Waals surface area contributed by atoms with Crippen molar-refractivity contribution in [1.29, 1.82) is 0 Å². The molecule has 0 aliphatic carbocycles. The molecule has 41 heteroatoms. The molecule has 0 aromatic rings. The van der Waals surface area contributed by atoms with Gasteiger partial charge >= 0.3 is 0 Å². The van der Waals surface area contributed by atoms with Crippen LogP contribution in [0.25, 0.3) is 0 Å². The number of amides is 2. The molecule has 8 aliphatic rings. The molecule has 1 unspecified atom stereocenters. The van der Waals surface area contributed by atoms with Gasteiger partial charge in [-0.2, -0.15) is 0 Å². The van der Waals surface area contributed by atoms with E-state index in [9.17, 15) is 122 Å². The molecule has 8 fully saturated rings. The molecule has 8 rings (SSSR count). The molecular formula is C52H88N2O39. The zero-order valence-electron chi connectivity index (χ0n) is 50.1. The Morgan fingerprint density at radius 1 is 0.301 bits per heavy atom. The van der Waals surface area contributed by atoms with Gasteiger partial charge in [-0.05, 0) is 13.8 Å². The van der Waals surface area contributed by atoms with E-state index in [0.29, 0.717) is 0 Å². The SMILES string of the molecule is CC(=O)N[C@H]1[C@H](OC[C@H]2O[C@@H](O[C@H]3[C@H](O)[C@@H](O)C(O)O[C@@H]3CO)[C@H](O)[C@@H](O[C@@H]3O[C@H](CO)[C@@H](O)[C@H](O[C@@H]4O[C@H](CO)[C@H](O)[C@H](O)[C@H]4O[C@H]4O[C@H](C)[C@H](O)[C@H](O)[C@H]4O)[C@H]3NC(C)=O)[C@H]2O)O[C@H](CO)[C@@H](O[C@@H]2O[C@H](CO)[C@H](O)[C@H](O)[C@H]2O)[C@@H]1O[C@H]1O[C@H](C)[C@H](O)[C@H](O)[C@H]1O. The number of aliphatic hydroxyl groups is 22. The molecule has 8 saturated heterocycles. The number of rotatable bonds is 22. The van der Waals surface area contributed by atoms with Crippen molar-refractivity contribution < 1.29 is 193 Å². The predicted molar refractivity (Wildman–Crippen MR) is 285 cm³/mol. The van der Waals surface area contributed by atoms with Crippen LogP contribution in [0.4, 0.5) is 0 Å². The molecule has 41 nitrogen and oxygen atoms in total. The second-order valence-electron chi connectivity index (χ2n) is 23.9. The largest absolute Gasteiger partial charge is 0.394 e. The highest BCUT2D eigenvalue weighted by molar-refractivity contribution is 5.73. The average Bonchev–Trinajstić information content (AvgIpc) is 0.776. The van der Waals surface area contributed by atoms with Gasteiger partial charge in [0, 0.05) is 13.8 Å². The van der Waals surface area contributed by atoms with E-state index < -0.39 is 297 Å². The molecule has 40 atom stereocenters. The van der Waals surface area contributed by atoms with Crippen molar-refractivity contribution in [3.05, 3.63) is 0 Å². The fourth-order valence-corrected chi connectivity index (χ4v) is 12.1. The zero-order valence-corrected chi connectivity index (χ0v) is 50.1. The summed E-state index contributed by atoms with van der Waals surface area (Å²) in [5, 5.41) is 244. The van der Waals surface area contributed by atoms with Gasteiger partial charge in [-0.3, -0.25) is 9.59 Å². The summed E-state index contributed by atoms with van der Waals surface area (Å²) in [4.78, 5) is 26.4. The third-order valence-electron chi connectivity index (χ3n) is 17.4. The van der Waals surface area contributed by atoms with Crippen LogP contribution in [-0.4, -0.2) is 409 Å². The van der Waals surface area contributed by atoms with E-state index in [2.05, 4.69) is 10.6 Å². The van der Waals surface area contributed by atoms with Crippen molar-refractivity contribution >= 4 is 11.8 Å². The minimum atomic E-state index is -2.40. The molecule has 540 valence electrons. The summed E-state index contributed by atoms with van der Waals surface area (Å²) in [5.41, 5.74) is 0. The fraction of sp³-hybridized carbons (Fsp3) is 0.962. The lowest BCUT2D eigenvalue weighted by atomic mass is 9.93. The molecule has 0 radical (unpaired) electrons. The molecule has 24 N–H and O–H groups in total. The number of ether oxygens (including phenoxy) is 15. The maximum Gasteiger partial charge on any atom is 0.217 e. The van der Waals surface area contributed by atoms with E-state index in [1.54, 1.807) is 0 Å². The first-order valence-electron chi connectivity index (χ1n) is 29.9. The number of carbonyl (C=O) groups excluding carboxylic acids is 2. The van der Waals surface area contributed by atoms with Gasteiger partial charge in [0.05, 0.1) is 51.8 Å². The third kappa shape index (κ3) is 16.4. The van der Waals surface area contributed by atoms with Gasteiger partial charge in [0.25, 0.3) is 0 Å². The molecule has 0 bridgehead atoms. The molecular weight excluding hydrogens is 1280 g/mol. The van der Waals surface area contributed by atoms with Crippen molar-refractivity contribution in [3.63, 3.8) is 0 Å². The Bertz CT molecular complexity index is 2350. The molecule has 8 aliphatic heterocycles. The number of aliphatic hydroxyl groups excluding tert-OH is 22. The van der Waals surface area contributed by atoms with Gasteiger partial charge in [-0.15, -0.1) is 0 Å². The van der Waals surface area contributed by atoms with E-state index in [1.807, 2.05) is 0 Å². The first kappa shape index (κ1) is 76.2. The molecule has 0 saturated carbocycles. The molecule has 93 heavy (non-hydrogen) atoms. The number of hydrogen-bond acceptors (Lipinski definition) is 39. The minimum absolute atomic E-state index is 0.908. The Kier molecular flexibility index (Phi) is 26.7. The molecule has 2 amide bonds. The summed E-state index contributed by atoms with van der Waals surface area (Å²) in [6.07, 6.45) is -74.7. The van der Waals surface area contributed by atoms with Crippen LogP contribution in [0.1, 0.15) is 27.7 Å². The van der Waals surface area contributed by atoms with Crippen LogP contribution in [0, 0.1) is 0 Å². The Labute approximate surface area is 527 Å². The maximum atomic E-state index is 13.2. The van der Waals surface area contributed by atoms with Crippen molar-refractivity contribution in [2.75, 3.05) is 39.6 Å². The van der Waals surface area contributed by atoms with Crippen LogP contribution >= 0.6 is 0 Å². The maximum absolute atomic E-state index is 13.2. The van der Waals surface area contributed by atoms with Crippen molar-refractivity contribution in [3.8, 4) is 0 Å². The Hall–Kier alpha value is -2.54. The highest BCUT2D eigenvalue weighted by atomic mass is 16.8. The number of nitrogens with one attached hydrogen (secondary N) is 2. The second-order valence-corrected chi connectivity index (χ2v) is 23.9. The van der Waals surface area contributed by atoms with Crippen molar-refractivity contribution in [2.24, 2.45) is 0 Å². The summed E-state index contributed by atoms with van der Waals surface area (Å²) < 4.78 is 88.5. The number of hydrogen-bond donors (Lipinski definition) is 24. The summed E-state index contributed by atoms with van der Waals surface area (Å²) in [7, 11) is 0. The van der Waals surface area contributed by atoms with Crippen LogP contribution in [0.2, 0.25) is 0 Å². The van der Waals surface area contributed by atoms with Crippen LogP contribution in [-0.2, 0) is 80.6 Å². The fourth-order valence-electron chi connectivity index (χ4n) is 12.1. The summed E-state index contributed by atoms with van der Waals surface area (Å²) >= 11 is 0. The standard InChI is InChI=1S/C52H88N2O39/c1-11-23(62)29(68)35(74)48(80-11)91-42-22(54-14(4)61)46(86-19(9-59)40(42)89-50-37(76)31(70)25(64)15(5-55)84-50)79-10-20-28(67)43(38(77)51(87-20)88-39-18(8-58)82-45(78)34(73)33(39)72)92-47-21(53-13(3)60)41(27(66)17(7-57)83-47)90-52-44(32(71)26(65)16(6-56)85-52)93-49-36(75)30(69)24(63)12(2)81-49/h11-12,15-52,55-59,62-78H,5-10H2,1-4H3,(H,53,60)(H,54,61)/t11-,12-,15-,16-,17-,18-,19-,20-,21-,22-,23+,24+,25+,26+,27-,28+,29+,30+,31+,32+,33-,34-,35-,36-,37-,38-,39-,40-,41-,42-,43+,44-,45?,46-,47+,48-,49-,50+,51+,52+/m1/s1. The quantitative estimate of drug-likeness (QED) is 0.0479. The molecule has 0 aromatic carbocycles. The van der Waals surface area contributed by atoms with E-state index in [1.165, 1.54) is 13.8 Å². The van der Waals surface area contributed by atoms with E-state index >= 15 is 0 Å². The minimum Gasteiger partial charge on any atom is -0.394 e.